The summed E-state index contributed by atoms with van der Waals surface area (Å²) < 4.78 is 31.5. The summed E-state index contributed by atoms with van der Waals surface area (Å²) >= 11 is 0. The molecule has 0 spiro atoms. The second kappa shape index (κ2) is 4.08. The van der Waals surface area contributed by atoms with Crippen molar-refractivity contribution in [3.63, 3.8) is 0 Å². The number of hydrogen-bond acceptors (Lipinski definition) is 3. The van der Waals surface area contributed by atoms with Crippen LogP contribution in [0.1, 0.15) is 5.56 Å². The third-order valence-corrected chi connectivity index (χ3v) is 3.09. The van der Waals surface area contributed by atoms with Gasteiger partial charge in [0.2, 0.25) is 0 Å². The Kier molecular flexibility index (Phi) is 2.92. The Bertz CT molecular complexity index is 394. The van der Waals surface area contributed by atoms with Gasteiger partial charge in [-0.3, -0.25) is 0 Å². The molecule has 0 aromatic heterocycles. The van der Waals surface area contributed by atoms with Crippen molar-refractivity contribution in [3.05, 3.63) is 35.4 Å². The van der Waals surface area contributed by atoms with Gasteiger partial charge in [0.15, 0.2) is 0 Å². The van der Waals surface area contributed by atoms with Crippen molar-refractivity contribution < 1.29 is 18.6 Å². The van der Waals surface area contributed by atoms with Gasteiger partial charge < -0.3 is 15.6 Å². The average molecular weight is 229 g/mol. The zero-order chi connectivity index (χ0) is 11.8. The van der Waals surface area contributed by atoms with Gasteiger partial charge in [0, 0.05) is 17.7 Å². The van der Waals surface area contributed by atoms with Crippen molar-refractivity contribution in [3.8, 4) is 0 Å². The Morgan fingerprint density at radius 2 is 2.12 bits per heavy atom. The zero-order valence-corrected chi connectivity index (χ0v) is 8.62. The molecule has 5 heteroatoms. The van der Waals surface area contributed by atoms with Crippen LogP contribution in [0.3, 0.4) is 0 Å². The molecule has 88 valence electrons. The molecule has 0 amide bonds. The molecule has 3 nitrogen and oxygen atoms in total. The molecule has 1 saturated heterocycles. The Balaban J connectivity index is 2.40. The Labute approximate surface area is 91.8 Å². The minimum Gasteiger partial charge on any atom is -0.395 e. The van der Waals surface area contributed by atoms with E-state index in [9.17, 15) is 8.78 Å². The molecule has 16 heavy (non-hydrogen) atoms. The van der Waals surface area contributed by atoms with Crippen LogP contribution in [0.2, 0.25) is 0 Å². The zero-order valence-electron chi connectivity index (χ0n) is 8.62. The summed E-state index contributed by atoms with van der Waals surface area (Å²) in [6.07, 6.45) is 0. The molecule has 1 aliphatic heterocycles. The molecule has 0 saturated carbocycles. The molecule has 0 bridgehead atoms. The molecule has 1 unspecified atom stereocenters. The SMILES string of the molecule is NC(CO)C1(c2ccc(F)cc2F)COC1. The summed E-state index contributed by atoms with van der Waals surface area (Å²) in [5.41, 5.74) is 5.34. The van der Waals surface area contributed by atoms with Crippen LogP contribution >= 0.6 is 0 Å². The summed E-state index contributed by atoms with van der Waals surface area (Å²) in [5.74, 6) is -1.28. The maximum Gasteiger partial charge on any atom is 0.130 e. The van der Waals surface area contributed by atoms with E-state index >= 15 is 0 Å². The Hall–Kier alpha value is -1.04. The minimum absolute atomic E-state index is 0.247. The lowest BCUT2D eigenvalue weighted by molar-refractivity contribution is -0.0813. The lowest BCUT2D eigenvalue weighted by Crippen LogP contribution is -2.60. The molecule has 1 aromatic rings. The Morgan fingerprint density at radius 1 is 1.44 bits per heavy atom. The fraction of sp³-hybridized carbons (Fsp3) is 0.455. The number of halogens is 2. The van der Waals surface area contributed by atoms with Gasteiger partial charge in [-0.25, -0.2) is 8.78 Å². The van der Waals surface area contributed by atoms with E-state index in [2.05, 4.69) is 0 Å². The van der Waals surface area contributed by atoms with Crippen LogP contribution in [0, 0.1) is 11.6 Å². The third kappa shape index (κ3) is 1.61. The van der Waals surface area contributed by atoms with Gasteiger partial charge in [0.1, 0.15) is 11.6 Å². The minimum atomic E-state index is -0.730. The van der Waals surface area contributed by atoms with Crippen molar-refractivity contribution in [2.24, 2.45) is 5.73 Å². The quantitative estimate of drug-likeness (QED) is 0.796. The number of hydrogen-bond donors (Lipinski definition) is 2. The van der Waals surface area contributed by atoms with Gasteiger partial charge in [-0.2, -0.15) is 0 Å². The lowest BCUT2D eigenvalue weighted by atomic mass is 9.72. The highest BCUT2D eigenvalue weighted by atomic mass is 19.1. The van der Waals surface area contributed by atoms with E-state index in [0.717, 1.165) is 6.07 Å². The maximum atomic E-state index is 13.6. The second-order valence-corrected chi connectivity index (χ2v) is 4.06. The first-order valence-corrected chi connectivity index (χ1v) is 5.00. The topological polar surface area (TPSA) is 55.5 Å². The molecule has 0 aliphatic carbocycles. The maximum absolute atomic E-state index is 13.6. The van der Waals surface area contributed by atoms with Gasteiger partial charge in [-0.15, -0.1) is 0 Å². The van der Waals surface area contributed by atoms with Crippen LogP contribution in [-0.4, -0.2) is 31.0 Å². The van der Waals surface area contributed by atoms with Crippen molar-refractivity contribution in [1.29, 1.82) is 0 Å². The van der Waals surface area contributed by atoms with Crippen LogP contribution in [-0.2, 0) is 10.2 Å². The fourth-order valence-corrected chi connectivity index (χ4v) is 1.96. The van der Waals surface area contributed by atoms with Gasteiger partial charge in [-0.05, 0) is 6.07 Å². The summed E-state index contributed by atoms with van der Waals surface area (Å²) in [7, 11) is 0. The number of aliphatic hydroxyl groups is 1. The van der Waals surface area contributed by atoms with E-state index in [1.54, 1.807) is 0 Å². The molecule has 1 atom stereocenters. The van der Waals surface area contributed by atoms with Crippen molar-refractivity contribution in [1.82, 2.24) is 0 Å². The molecule has 0 radical (unpaired) electrons. The first-order valence-electron chi connectivity index (χ1n) is 5.00. The van der Waals surface area contributed by atoms with E-state index in [4.69, 9.17) is 15.6 Å². The molecule has 1 fully saturated rings. The standard InChI is InChI=1S/C11H13F2NO2/c12-7-1-2-8(9(13)3-7)11(5-16-6-11)10(14)4-15/h1-3,10,15H,4-6,14H2. The van der Waals surface area contributed by atoms with E-state index in [-0.39, 0.29) is 19.8 Å². The van der Waals surface area contributed by atoms with Crippen LogP contribution in [0.5, 0.6) is 0 Å². The summed E-state index contributed by atoms with van der Waals surface area (Å²) in [6.45, 7) is 0.231. The smallest absolute Gasteiger partial charge is 0.130 e. The molecule has 1 aliphatic rings. The lowest BCUT2D eigenvalue weighted by Gasteiger charge is -2.45. The van der Waals surface area contributed by atoms with Crippen LogP contribution < -0.4 is 5.73 Å². The van der Waals surface area contributed by atoms with Gasteiger partial charge >= 0.3 is 0 Å². The molecule has 1 heterocycles. The van der Waals surface area contributed by atoms with Crippen molar-refractivity contribution in [2.75, 3.05) is 19.8 Å². The molecule has 1 aromatic carbocycles. The van der Waals surface area contributed by atoms with Crippen molar-refractivity contribution >= 4 is 0 Å². The molecular weight excluding hydrogens is 216 g/mol. The number of benzene rings is 1. The van der Waals surface area contributed by atoms with Gasteiger partial charge in [0.05, 0.1) is 25.2 Å². The predicted molar refractivity (Wildman–Crippen MR) is 53.9 cm³/mol. The number of rotatable bonds is 3. The fourth-order valence-electron chi connectivity index (χ4n) is 1.96. The highest BCUT2D eigenvalue weighted by molar-refractivity contribution is 5.32. The van der Waals surface area contributed by atoms with Gasteiger partial charge in [0.25, 0.3) is 0 Å². The highest BCUT2D eigenvalue weighted by Gasteiger charge is 2.47. The summed E-state index contributed by atoms with van der Waals surface area (Å²) in [4.78, 5) is 0. The van der Waals surface area contributed by atoms with E-state index in [0.29, 0.717) is 5.56 Å². The van der Waals surface area contributed by atoms with Gasteiger partial charge in [-0.1, -0.05) is 6.07 Å². The van der Waals surface area contributed by atoms with Crippen LogP contribution in [0.15, 0.2) is 18.2 Å². The van der Waals surface area contributed by atoms with E-state index < -0.39 is 23.1 Å². The molecule has 3 N–H and O–H groups in total. The van der Waals surface area contributed by atoms with Crippen LogP contribution in [0.25, 0.3) is 0 Å². The average Bonchev–Trinajstić information content (AvgIpc) is 2.19. The van der Waals surface area contributed by atoms with E-state index in [1.165, 1.54) is 12.1 Å². The Morgan fingerprint density at radius 3 is 2.56 bits per heavy atom. The molecule has 2 rings (SSSR count). The summed E-state index contributed by atoms with van der Waals surface area (Å²) in [5, 5.41) is 9.07. The predicted octanol–water partition coefficient (Wildman–Crippen LogP) is 0.552. The normalized spacial score (nSPS) is 20.2. The second-order valence-electron chi connectivity index (χ2n) is 4.06. The van der Waals surface area contributed by atoms with Crippen molar-refractivity contribution in [2.45, 2.75) is 11.5 Å². The number of ether oxygens (including phenoxy) is 1. The molecular formula is C11H13F2NO2. The van der Waals surface area contributed by atoms with Crippen LogP contribution in [0.4, 0.5) is 8.78 Å². The monoisotopic (exact) mass is 229 g/mol. The highest BCUT2D eigenvalue weighted by Crippen LogP contribution is 2.36. The number of nitrogens with two attached hydrogens (primary N) is 1. The van der Waals surface area contributed by atoms with E-state index in [1.807, 2.05) is 0 Å². The number of aliphatic hydroxyl groups excluding tert-OH is 1. The first-order chi connectivity index (χ1) is 7.60. The summed E-state index contributed by atoms with van der Waals surface area (Å²) in [6, 6.07) is 2.76. The third-order valence-electron chi connectivity index (χ3n) is 3.09. The first kappa shape index (κ1) is 11.4. The largest absolute Gasteiger partial charge is 0.395 e.